The molecule has 0 aliphatic rings. The van der Waals surface area contributed by atoms with Crippen molar-refractivity contribution in [1.82, 2.24) is 4.98 Å². The van der Waals surface area contributed by atoms with Crippen molar-refractivity contribution in [3.8, 4) is 17.2 Å². The summed E-state index contributed by atoms with van der Waals surface area (Å²) in [5.74, 6) is 0.610. The van der Waals surface area contributed by atoms with Gasteiger partial charge in [-0.25, -0.2) is 9.55 Å². The Balaban J connectivity index is 2.03. The molecule has 0 aliphatic carbocycles. The summed E-state index contributed by atoms with van der Waals surface area (Å²) in [5, 5.41) is 1.80. The van der Waals surface area contributed by atoms with E-state index in [-0.39, 0.29) is 5.75 Å². The van der Waals surface area contributed by atoms with Crippen molar-refractivity contribution in [3.63, 3.8) is 0 Å². The molecule has 0 unspecified atom stereocenters. The van der Waals surface area contributed by atoms with E-state index in [2.05, 4.69) is 4.98 Å². The number of benzene rings is 3. The minimum atomic E-state index is -3.77. The summed E-state index contributed by atoms with van der Waals surface area (Å²) in [6.07, 6.45) is -3.77. The maximum atomic E-state index is 11.7. The summed E-state index contributed by atoms with van der Waals surface area (Å²) in [6, 6.07) is 18.6. The van der Waals surface area contributed by atoms with E-state index in [4.69, 9.17) is 31.4 Å². The van der Waals surface area contributed by atoms with Gasteiger partial charge < -0.3 is 8.94 Å². The number of aromatic nitrogens is 1. The van der Waals surface area contributed by atoms with E-state index in [0.29, 0.717) is 22.6 Å². The SMILES string of the molecule is O=P(Cl)(Cl)Oc1ccc2ccccc2c1-c1nc2ccccc2o1. The summed E-state index contributed by atoms with van der Waals surface area (Å²) in [7, 11) is 0. The second-order valence-electron chi connectivity index (χ2n) is 5.15. The van der Waals surface area contributed by atoms with Crippen molar-refractivity contribution in [1.29, 1.82) is 0 Å². The average Bonchev–Trinajstić information content (AvgIpc) is 2.96. The molecule has 0 aliphatic heterocycles. The van der Waals surface area contributed by atoms with Gasteiger partial charge in [0, 0.05) is 22.5 Å². The summed E-state index contributed by atoms with van der Waals surface area (Å²) in [4.78, 5) is 4.50. The molecule has 1 heterocycles. The number of rotatable bonds is 3. The van der Waals surface area contributed by atoms with Crippen LogP contribution in [0.5, 0.6) is 5.75 Å². The van der Waals surface area contributed by atoms with Crippen molar-refractivity contribution < 1.29 is 13.5 Å². The second kappa shape index (κ2) is 5.82. The lowest BCUT2D eigenvalue weighted by atomic mass is 10.0. The zero-order valence-corrected chi connectivity index (χ0v) is 14.6. The minimum Gasteiger partial charge on any atom is -0.436 e. The highest BCUT2D eigenvalue weighted by molar-refractivity contribution is 8.05. The lowest BCUT2D eigenvalue weighted by Gasteiger charge is -2.12. The number of halogens is 2. The molecule has 4 rings (SSSR count). The maximum Gasteiger partial charge on any atom is 0.428 e. The summed E-state index contributed by atoms with van der Waals surface area (Å²) >= 11 is 11.2. The first-order valence-corrected chi connectivity index (χ1v) is 10.5. The topological polar surface area (TPSA) is 52.3 Å². The molecule has 1 aromatic heterocycles. The van der Waals surface area contributed by atoms with Gasteiger partial charge in [0.05, 0.1) is 5.56 Å². The van der Waals surface area contributed by atoms with Crippen LogP contribution < -0.4 is 4.52 Å². The Hall–Kier alpha value is -2.00. The van der Waals surface area contributed by atoms with E-state index in [0.717, 1.165) is 10.8 Å². The van der Waals surface area contributed by atoms with Gasteiger partial charge in [0.25, 0.3) is 0 Å². The monoisotopic (exact) mass is 377 g/mol. The Kier molecular flexibility index (Phi) is 3.76. The number of oxazole rings is 1. The van der Waals surface area contributed by atoms with Crippen molar-refractivity contribution in [2.45, 2.75) is 0 Å². The average molecular weight is 378 g/mol. The third-order valence-electron chi connectivity index (χ3n) is 3.60. The van der Waals surface area contributed by atoms with Gasteiger partial charge in [-0.1, -0.05) is 42.5 Å². The molecule has 0 saturated carbocycles. The maximum absolute atomic E-state index is 11.7. The Labute approximate surface area is 147 Å². The zero-order chi connectivity index (χ0) is 16.7. The highest BCUT2D eigenvalue weighted by atomic mass is 35.9. The summed E-state index contributed by atoms with van der Waals surface area (Å²) in [5.41, 5.74) is 1.92. The van der Waals surface area contributed by atoms with Gasteiger partial charge in [0.2, 0.25) is 5.89 Å². The summed E-state index contributed by atoms with van der Waals surface area (Å²) < 4.78 is 22.9. The second-order valence-corrected chi connectivity index (χ2v) is 9.35. The number of hydrogen-bond acceptors (Lipinski definition) is 4. The molecule has 4 aromatic rings. The third kappa shape index (κ3) is 2.89. The minimum absolute atomic E-state index is 0.258. The van der Waals surface area contributed by atoms with Crippen LogP contribution >= 0.6 is 28.6 Å². The molecule has 24 heavy (non-hydrogen) atoms. The fourth-order valence-electron chi connectivity index (χ4n) is 2.64. The fraction of sp³-hybridized carbons (Fsp3) is 0. The first-order chi connectivity index (χ1) is 11.5. The smallest absolute Gasteiger partial charge is 0.428 e. The molecular formula is C17H10Cl2NO3P. The quantitative estimate of drug-likeness (QED) is 0.376. The van der Waals surface area contributed by atoms with Gasteiger partial charge in [-0.2, -0.15) is 0 Å². The third-order valence-corrected chi connectivity index (χ3v) is 4.43. The number of nitrogens with zero attached hydrogens (tertiary/aromatic N) is 1. The lowest BCUT2D eigenvalue weighted by Crippen LogP contribution is -1.89. The van der Waals surface area contributed by atoms with Gasteiger partial charge in [-0.3, -0.25) is 0 Å². The molecule has 0 bridgehead atoms. The molecule has 0 N–H and O–H groups in total. The van der Waals surface area contributed by atoms with Gasteiger partial charge in [-0.05, 0) is 29.0 Å². The van der Waals surface area contributed by atoms with Crippen LogP contribution in [0.2, 0.25) is 0 Å². The van der Waals surface area contributed by atoms with E-state index >= 15 is 0 Å². The van der Waals surface area contributed by atoms with Crippen LogP contribution in [0.25, 0.3) is 33.3 Å². The van der Waals surface area contributed by atoms with E-state index in [1.807, 2.05) is 54.6 Å². The van der Waals surface area contributed by atoms with Gasteiger partial charge in [0.1, 0.15) is 11.3 Å². The Morgan fingerprint density at radius 2 is 1.71 bits per heavy atom. The van der Waals surface area contributed by atoms with Crippen LogP contribution in [0, 0.1) is 0 Å². The Morgan fingerprint density at radius 3 is 2.50 bits per heavy atom. The molecule has 0 fully saturated rings. The van der Waals surface area contributed by atoms with Crippen molar-refractivity contribution >= 4 is 50.4 Å². The van der Waals surface area contributed by atoms with E-state index in [9.17, 15) is 4.57 Å². The molecule has 0 spiro atoms. The summed E-state index contributed by atoms with van der Waals surface area (Å²) in [6.45, 7) is 0. The van der Waals surface area contributed by atoms with Gasteiger partial charge in [-0.15, -0.1) is 0 Å². The number of fused-ring (bicyclic) bond motifs is 2. The van der Waals surface area contributed by atoms with E-state index in [1.165, 1.54) is 0 Å². The molecule has 0 amide bonds. The molecule has 4 nitrogen and oxygen atoms in total. The van der Waals surface area contributed by atoms with Crippen LogP contribution in [0.1, 0.15) is 0 Å². The van der Waals surface area contributed by atoms with Crippen molar-refractivity contribution in [2.75, 3.05) is 0 Å². The van der Waals surface area contributed by atoms with Crippen LogP contribution in [0.15, 0.2) is 65.1 Å². The number of hydrogen-bond donors (Lipinski definition) is 0. The van der Waals surface area contributed by atoms with Gasteiger partial charge in [0.15, 0.2) is 5.58 Å². The Morgan fingerprint density at radius 1 is 0.958 bits per heavy atom. The number of para-hydroxylation sites is 2. The van der Waals surface area contributed by atoms with Crippen LogP contribution in [-0.2, 0) is 4.57 Å². The normalized spacial score (nSPS) is 11.9. The first-order valence-electron chi connectivity index (χ1n) is 7.08. The molecule has 0 radical (unpaired) electrons. The first kappa shape index (κ1) is 15.5. The highest BCUT2D eigenvalue weighted by Crippen LogP contribution is 2.58. The highest BCUT2D eigenvalue weighted by Gasteiger charge is 2.23. The largest absolute Gasteiger partial charge is 0.436 e. The van der Waals surface area contributed by atoms with Gasteiger partial charge >= 0.3 is 6.07 Å². The van der Waals surface area contributed by atoms with E-state index < -0.39 is 6.07 Å². The standard InChI is InChI=1S/C17H10Cl2NO3P/c18-24(19,21)23-15-10-9-11-5-1-2-6-12(11)16(15)17-20-13-7-3-4-8-14(13)22-17/h1-10H. The Bertz CT molecular complexity index is 1070. The molecule has 120 valence electrons. The predicted octanol–water partition coefficient (Wildman–Crippen LogP) is 6.61. The van der Waals surface area contributed by atoms with Crippen LogP contribution in [0.4, 0.5) is 0 Å². The predicted molar refractivity (Wildman–Crippen MR) is 96.9 cm³/mol. The zero-order valence-electron chi connectivity index (χ0n) is 12.1. The van der Waals surface area contributed by atoms with Crippen LogP contribution in [0.3, 0.4) is 0 Å². The van der Waals surface area contributed by atoms with Crippen LogP contribution in [-0.4, -0.2) is 4.98 Å². The molecule has 3 aromatic carbocycles. The molecule has 0 atom stereocenters. The fourth-order valence-corrected chi connectivity index (χ4v) is 3.47. The van der Waals surface area contributed by atoms with Crippen molar-refractivity contribution in [2.24, 2.45) is 0 Å². The van der Waals surface area contributed by atoms with E-state index in [1.54, 1.807) is 6.07 Å². The van der Waals surface area contributed by atoms with Crippen molar-refractivity contribution in [3.05, 3.63) is 60.7 Å². The lowest BCUT2D eigenvalue weighted by molar-refractivity contribution is 0.512. The molecule has 7 heteroatoms. The molecule has 0 saturated heterocycles. The molecular weight excluding hydrogens is 368 g/mol.